The van der Waals surface area contributed by atoms with Gasteiger partial charge in [0, 0.05) is 18.6 Å². The van der Waals surface area contributed by atoms with Gasteiger partial charge in [0.25, 0.3) is 0 Å². The maximum atomic E-state index is 8.83. The first-order valence-corrected chi connectivity index (χ1v) is 3.99. The van der Waals surface area contributed by atoms with Crippen molar-refractivity contribution in [1.29, 1.82) is 0 Å². The summed E-state index contributed by atoms with van der Waals surface area (Å²) < 4.78 is 10.2. The van der Waals surface area contributed by atoms with E-state index >= 15 is 0 Å². The fraction of sp³-hybridized carbons (Fsp3) is 0.444. The molecule has 0 saturated heterocycles. The number of nitrogens with zero attached hydrogens (tertiary/aromatic N) is 1. The summed E-state index contributed by atoms with van der Waals surface area (Å²) in [4.78, 5) is 3.94. The minimum Gasteiger partial charge on any atom is -0.495 e. The van der Waals surface area contributed by atoms with Crippen LogP contribution in [0, 0.1) is 0 Å². The van der Waals surface area contributed by atoms with Crippen molar-refractivity contribution in [3.63, 3.8) is 0 Å². The lowest BCUT2D eigenvalue weighted by Crippen LogP contribution is -2.00. The van der Waals surface area contributed by atoms with Crippen LogP contribution in [0.1, 0.15) is 5.56 Å². The molecule has 0 aromatic carbocycles. The molecule has 0 amide bonds. The summed E-state index contributed by atoms with van der Waals surface area (Å²) in [5, 5.41) is 8.83. The number of hydrogen-bond donors (Lipinski definition) is 1. The number of aliphatic hydroxyl groups excluding tert-OH is 1. The van der Waals surface area contributed by atoms with Crippen molar-refractivity contribution in [2.24, 2.45) is 0 Å². The normalized spacial score (nSPS) is 9.77. The van der Waals surface area contributed by atoms with Crippen LogP contribution in [0.3, 0.4) is 0 Å². The fourth-order valence-corrected chi connectivity index (χ4v) is 1.16. The molecule has 0 radical (unpaired) electrons. The van der Waals surface area contributed by atoms with Crippen molar-refractivity contribution in [3.05, 3.63) is 18.0 Å². The Morgan fingerprint density at radius 2 is 1.77 bits per heavy atom. The minimum atomic E-state index is 0.0662. The molecular formula is C9H13NO3. The zero-order valence-electron chi connectivity index (χ0n) is 7.78. The van der Waals surface area contributed by atoms with Crippen LogP contribution in [0.4, 0.5) is 0 Å². The van der Waals surface area contributed by atoms with Crippen LogP contribution in [0.25, 0.3) is 0 Å². The summed E-state index contributed by atoms with van der Waals surface area (Å²) in [6.45, 7) is 0.0662. The highest BCUT2D eigenvalue weighted by molar-refractivity contribution is 5.41. The molecule has 0 aliphatic carbocycles. The lowest BCUT2D eigenvalue weighted by molar-refractivity contribution is 0.292. The monoisotopic (exact) mass is 183 g/mol. The van der Waals surface area contributed by atoms with Crippen LogP contribution in [0.5, 0.6) is 11.5 Å². The first kappa shape index (κ1) is 9.80. The van der Waals surface area contributed by atoms with Crippen molar-refractivity contribution in [1.82, 2.24) is 4.98 Å². The van der Waals surface area contributed by atoms with E-state index in [0.29, 0.717) is 17.9 Å². The summed E-state index contributed by atoms with van der Waals surface area (Å²) in [6.07, 6.45) is 3.72. The maximum Gasteiger partial charge on any atom is 0.144 e. The summed E-state index contributed by atoms with van der Waals surface area (Å²) in [7, 11) is 3.13. The molecule has 72 valence electrons. The number of hydrogen-bond acceptors (Lipinski definition) is 4. The third-order valence-corrected chi connectivity index (χ3v) is 1.78. The van der Waals surface area contributed by atoms with Crippen LogP contribution in [0.2, 0.25) is 0 Å². The molecule has 1 aromatic heterocycles. The Bertz CT molecular complexity index is 253. The second kappa shape index (κ2) is 4.67. The third-order valence-electron chi connectivity index (χ3n) is 1.78. The van der Waals surface area contributed by atoms with Gasteiger partial charge in [0.2, 0.25) is 0 Å². The van der Waals surface area contributed by atoms with E-state index in [1.54, 1.807) is 26.6 Å². The Labute approximate surface area is 77.1 Å². The van der Waals surface area contributed by atoms with E-state index in [-0.39, 0.29) is 6.61 Å². The number of ether oxygens (including phenoxy) is 2. The fourth-order valence-electron chi connectivity index (χ4n) is 1.16. The van der Waals surface area contributed by atoms with E-state index in [2.05, 4.69) is 4.98 Å². The van der Waals surface area contributed by atoms with E-state index in [4.69, 9.17) is 14.6 Å². The number of rotatable bonds is 4. The molecule has 13 heavy (non-hydrogen) atoms. The second-order valence-electron chi connectivity index (χ2n) is 2.50. The minimum absolute atomic E-state index is 0.0662. The zero-order chi connectivity index (χ0) is 9.68. The maximum absolute atomic E-state index is 8.83. The van der Waals surface area contributed by atoms with Crippen molar-refractivity contribution >= 4 is 0 Å². The standard InChI is InChI=1S/C9H13NO3/c1-12-8-5-10-6-9(13-2)7(8)3-4-11/h5-6,11H,3-4H2,1-2H3. The largest absolute Gasteiger partial charge is 0.495 e. The molecule has 0 bridgehead atoms. The number of aliphatic hydroxyl groups is 1. The van der Waals surface area contributed by atoms with Crippen molar-refractivity contribution < 1.29 is 14.6 Å². The summed E-state index contributed by atoms with van der Waals surface area (Å²) >= 11 is 0. The van der Waals surface area contributed by atoms with Crippen LogP contribution in [-0.4, -0.2) is 30.9 Å². The van der Waals surface area contributed by atoms with E-state index in [0.717, 1.165) is 5.56 Å². The van der Waals surface area contributed by atoms with Crippen LogP contribution in [0.15, 0.2) is 12.4 Å². The van der Waals surface area contributed by atoms with Crippen LogP contribution >= 0.6 is 0 Å². The average Bonchev–Trinajstić information content (AvgIpc) is 2.18. The molecule has 0 aliphatic rings. The quantitative estimate of drug-likeness (QED) is 0.744. The van der Waals surface area contributed by atoms with Crippen LogP contribution in [-0.2, 0) is 6.42 Å². The molecule has 1 rings (SSSR count). The number of pyridine rings is 1. The van der Waals surface area contributed by atoms with Gasteiger partial charge in [0.05, 0.1) is 26.6 Å². The molecule has 1 aromatic rings. The Hall–Kier alpha value is -1.29. The molecule has 1 N–H and O–H groups in total. The van der Waals surface area contributed by atoms with E-state index in [9.17, 15) is 0 Å². The van der Waals surface area contributed by atoms with E-state index in [1.165, 1.54) is 0 Å². The first-order chi connectivity index (χ1) is 6.33. The molecule has 1 heterocycles. The van der Waals surface area contributed by atoms with Crippen LogP contribution < -0.4 is 9.47 Å². The predicted octanol–water partition coefficient (Wildman–Crippen LogP) is 0.634. The Balaban J connectivity index is 3.05. The smallest absolute Gasteiger partial charge is 0.144 e. The molecule has 4 heteroatoms. The van der Waals surface area contributed by atoms with Crippen molar-refractivity contribution in [2.75, 3.05) is 20.8 Å². The Kier molecular flexibility index (Phi) is 3.52. The molecule has 0 spiro atoms. The highest BCUT2D eigenvalue weighted by atomic mass is 16.5. The molecule has 4 nitrogen and oxygen atoms in total. The van der Waals surface area contributed by atoms with Gasteiger partial charge in [-0.05, 0) is 0 Å². The Morgan fingerprint density at radius 1 is 1.23 bits per heavy atom. The second-order valence-corrected chi connectivity index (χ2v) is 2.50. The van der Waals surface area contributed by atoms with Gasteiger partial charge in [-0.15, -0.1) is 0 Å². The lowest BCUT2D eigenvalue weighted by Gasteiger charge is -2.10. The molecule has 0 saturated carbocycles. The first-order valence-electron chi connectivity index (χ1n) is 3.99. The topological polar surface area (TPSA) is 51.6 Å². The van der Waals surface area contributed by atoms with Gasteiger partial charge in [0.1, 0.15) is 11.5 Å². The van der Waals surface area contributed by atoms with Crippen molar-refractivity contribution in [2.45, 2.75) is 6.42 Å². The number of aromatic nitrogens is 1. The Morgan fingerprint density at radius 3 is 2.15 bits per heavy atom. The molecule has 0 aliphatic heterocycles. The average molecular weight is 183 g/mol. The molecular weight excluding hydrogens is 170 g/mol. The van der Waals surface area contributed by atoms with Crippen molar-refractivity contribution in [3.8, 4) is 11.5 Å². The van der Waals surface area contributed by atoms with Gasteiger partial charge in [0.15, 0.2) is 0 Å². The molecule has 0 unspecified atom stereocenters. The van der Waals surface area contributed by atoms with E-state index < -0.39 is 0 Å². The van der Waals surface area contributed by atoms with Gasteiger partial charge in [-0.1, -0.05) is 0 Å². The SMILES string of the molecule is COc1cncc(OC)c1CCO. The summed E-state index contributed by atoms with van der Waals surface area (Å²) in [5.74, 6) is 1.29. The third kappa shape index (κ3) is 2.09. The van der Waals surface area contributed by atoms with Gasteiger partial charge in [-0.2, -0.15) is 0 Å². The molecule has 0 atom stereocenters. The summed E-state index contributed by atoms with van der Waals surface area (Å²) in [6, 6.07) is 0. The van der Waals surface area contributed by atoms with E-state index in [1.807, 2.05) is 0 Å². The predicted molar refractivity (Wildman–Crippen MR) is 48.1 cm³/mol. The van der Waals surface area contributed by atoms with Gasteiger partial charge in [-0.3, -0.25) is 4.98 Å². The van der Waals surface area contributed by atoms with Gasteiger partial charge >= 0.3 is 0 Å². The van der Waals surface area contributed by atoms with Gasteiger partial charge in [-0.25, -0.2) is 0 Å². The highest BCUT2D eigenvalue weighted by Gasteiger charge is 2.08. The zero-order valence-corrected chi connectivity index (χ0v) is 7.78. The van der Waals surface area contributed by atoms with Gasteiger partial charge < -0.3 is 14.6 Å². The molecule has 0 fully saturated rings. The number of methoxy groups -OCH3 is 2. The summed E-state index contributed by atoms with van der Waals surface area (Å²) in [5.41, 5.74) is 0.850. The lowest BCUT2D eigenvalue weighted by atomic mass is 10.1. The highest BCUT2D eigenvalue weighted by Crippen LogP contribution is 2.26.